The molecule has 0 spiro atoms. The third kappa shape index (κ3) is 4.63. The van der Waals surface area contributed by atoms with Crippen LogP contribution in [-0.2, 0) is 0 Å². The molecule has 0 aliphatic heterocycles. The van der Waals surface area contributed by atoms with Crippen molar-refractivity contribution >= 4 is 46.2 Å². The summed E-state index contributed by atoms with van der Waals surface area (Å²) in [6.07, 6.45) is 0.584. The lowest BCUT2D eigenvalue weighted by Crippen LogP contribution is -2.14. The topological polar surface area (TPSA) is 35.9 Å². The molecule has 1 atom stereocenters. The summed E-state index contributed by atoms with van der Waals surface area (Å²) < 4.78 is 0. The standard InChI is InChI=1S/C16H15Cl3N2/c1-10(20)8-16(11-2-4-12(17)5-3-11)21-15-7-6-13(18)9-14(15)19/h2-7,9,16,20-21H,8H2,1H3. The minimum atomic E-state index is -0.0431. The van der Waals surface area contributed by atoms with Crippen LogP contribution in [0.15, 0.2) is 42.5 Å². The number of hydrogen-bond acceptors (Lipinski definition) is 2. The first-order chi connectivity index (χ1) is 9.95. The van der Waals surface area contributed by atoms with Crippen molar-refractivity contribution in [1.29, 1.82) is 5.41 Å². The van der Waals surface area contributed by atoms with Crippen LogP contribution < -0.4 is 5.32 Å². The number of nitrogens with one attached hydrogen (secondary N) is 2. The molecule has 21 heavy (non-hydrogen) atoms. The van der Waals surface area contributed by atoms with Gasteiger partial charge >= 0.3 is 0 Å². The number of benzene rings is 2. The van der Waals surface area contributed by atoms with Crippen LogP contribution in [-0.4, -0.2) is 5.71 Å². The molecule has 0 saturated heterocycles. The van der Waals surface area contributed by atoms with Crippen LogP contribution >= 0.6 is 34.8 Å². The summed E-state index contributed by atoms with van der Waals surface area (Å²) >= 11 is 18.0. The fraction of sp³-hybridized carbons (Fsp3) is 0.188. The normalized spacial score (nSPS) is 12.0. The average Bonchev–Trinajstić information content (AvgIpc) is 2.41. The van der Waals surface area contributed by atoms with Gasteiger partial charge in [-0.3, -0.25) is 0 Å². The maximum Gasteiger partial charge on any atom is 0.0652 e. The molecule has 0 aliphatic rings. The fourth-order valence-electron chi connectivity index (χ4n) is 2.05. The molecule has 0 fully saturated rings. The summed E-state index contributed by atoms with van der Waals surface area (Å²) in [5, 5.41) is 13.0. The molecule has 2 rings (SSSR count). The Hall–Kier alpha value is -1.22. The Kier molecular flexibility index (Phi) is 5.51. The summed E-state index contributed by atoms with van der Waals surface area (Å²) in [6, 6.07) is 12.9. The molecule has 0 heterocycles. The van der Waals surface area contributed by atoms with Crippen molar-refractivity contribution < 1.29 is 0 Å². The third-order valence-corrected chi connectivity index (χ3v) is 3.84. The van der Waals surface area contributed by atoms with Gasteiger partial charge in [0, 0.05) is 22.2 Å². The van der Waals surface area contributed by atoms with Crippen LogP contribution in [0.1, 0.15) is 24.9 Å². The van der Waals surface area contributed by atoms with Gasteiger partial charge in [0.05, 0.1) is 16.8 Å². The Balaban J connectivity index is 2.27. The first-order valence-electron chi connectivity index (χ1n) is 6.47. The highest BCUT2D eigenvalue weighted by Crippen LogP contribution is 2.30. The molecule has 0 bridgehead atoms. The molecule has 2 nitrogen and oxygen atoms in total. The Morgan fingerprint density at radius 3 is 2.24 bits per heavy atom. The van der Waals surface area contributed by atoms with Gasteiger partial charge in [0.15, 0.2) is 0 Å². The highest BCUT2D eigenvalue weighted by molar-refractivity contribution is 6.36. The fourth-order valence-corrected chi connectivity index (χ4v) is 2.64. The lowest BCUT2D eigenvalue weighted by atomic mass is 10.0. The van der Waals surface area contributed by atoms with Crippen LogP contribution in [0.25, 0.3) is 0 Å². The molecular weight excluding hydrogens is 327 g/mol. The van der Waals surface area contributed by atoms with Crippen molar-refractivity contribution in [3.63, 3.8) is 0 Å². The smallest absolute Gasteiger partial charge is 0.0652 e. The molecule has 0 amide bonds. The van der Waals surface area contributed by atoms with Crippen molar-refractivity contribution in [3.8, 4) is 0 Å². The van der Waals surface area contributed by atoms with E-state index in [1.807, 2.05) is 30.3 Å². The van der Waals surface area contributed by atoms with E-state index in [-0.39, 0.29) is 6.04 Å². The van der Waals surface area contributed by atoms with Gasteiger partial charge in [0.25, 0.3) is 0 Å². The van der Waals surface area contributed by atoms with E-state index < -0.39 is 0 Å². The molecule has 0 radical (unpaired) electrons. The van der Waals surface area contributed by atoms with Crippen LogP contribution in [0.3, 0.4) is 0 Å². The van der Waals surface area contributed by atoms with E-state index in [1.165, 1.54) is 0 Å². The predicted molar refractivity (Wildman–Crippen MR) is 92.3 cm³/mol. The second kappa shape index (κ2) is 7.17. The highest BCUT2D eigenvalue weighted by atomic mass is 35.5. The van der Waals surface area contributed by atoms with Gasteiger partial charge in [-0.05, 0) is 42.8 Å². The molecule has 110 valence electrons. The Labute approximate surface area is 139 Å². The zero-order valence-corrected chi connectivity index (χ0v) is 13.7. The van der Waals surface area contributed by atoms with Crippen molar-refractivity contribution in [2.75, 3.05) is 5.32 Å². The summed E-state index contributed by atoms with van der Waals surface area (Å²) in [6.45, 7) is 1.79. The van der Waals surface area contributed by atoms with Crippen LogP contribution in [0.2, 0.25) is 15.1 Å². The van der Waals surface area contributed by atoms with Gasteiger partial charge in [-0.25, -0.2) is 0 Å². The molecule has 2 aromatic carbocycles. The quantitative estimate of drug-likeness (QED) is 0.621. The Morgan fingerprint density at radius 1 is 1.05 bits per heavy atom. The summed E-state index contributed by atoms with van der Waals surface area (Å²) in [7, 11) is 0. The predicted octanol–water partition coefficient (Wildman–Crippen LogP) is 6.23. The lowest BCUT2D eigenvalue weighted by Gasteiger charge is -2.21. The number of halogens is 3. The number of anilines is 1. The molecule has 1 unspecified atom stereocenters. The first kappa shape index (κ1) is 16.2. The van der Waals surface area contributed by atoms with E-state index in [0.717, 1.165) is 11.3 Å². The monoisotopic (exact) mass is 340 g/mol. The third-order valence-electron chi connectivity index (χ3n) is 3.04. The van der Waals surface area contributed by atoms with E-state index in [4.69, 9.17) is 40.2 Å². The molecule has 0 saturated carbocycles. The summed E-state index contributed by atoms with van der Waals surface area (Å²) in [5.74, 6) is 0. The van der Waals surface area contributed by atoms with Crippen molar-refractivity contribution in [3.05, 3.63) is 63.1 Å². The Bertz CT molecular complexity index is 638. The largest absolute Gasteiger partial charge is 0.377 e. The molecular formula is C16H15Cl3N2. The van der Waals surface area contributed by atoms with Gasteiger partial charge in [-0.1, -0.05) is 46.9 Å². The Morgan fingerprint density at radius 2 is 1.67 bits per heavy atom. The molecule has 2 aromatic rings. The van der Waals surface area contributed by atoms with E-state index >= 15 is 0 Å². The molecule has 0 aliphatic carbocycles. The second-order valence-corrected chi connectivity index (χ2v) is 6.14. The average molecular weight is 342 g/mol. The maximum atomic E-state index is 7.75. The zero-order valence-electron chi connectivity index (χ0n) is 11.5. The lowest BCUT2D eigenvalue weighted by molar-refractivity contribution is 0.817. The van der Waals surface area contributed by atoms with Crippen molar-refractivity contribution in [2.45, 2.75) is 19.4 Å². The molecule has 0 aromatic heterocycles. The van der Waals surface area contributed by atoms with E-state index in [1.54, 1.807) is 19.1 Å². The van der Waals surface area contributed by atoms with Crippen LogP contribution in [0.5, 0.6) is 0 Å². The van der Waals surface area contributed by atoms with Gasteiger partial charge in [0.1, 0.15) is 0 Å². The minimum Gasteiger partial charge on any atom is -0.377 e. The zero-order chi connectivity index (χ0) is 15.4. The summed E-state index contributed by atoms with van der Waals surface area (Å²) in [5.41, 5.74) is 2.44. The van der Waals surface area contributed by atoms with Gasteiger partial charge in [-0.15, -0.1) is 0 Å². The van der Waals surface area contributed by atoms with Gasteiger partial charge in [0.2, 0.25) is 0 Å². The van der Waals surface area contributed by atoms with Gasteiger partial charge in [-0.2, -0.15) is 0 Å². The maximum absolute atomic E-state index is 7.75. The van der Waals surface area contributed by atoms with E-state index in [0.29, 0.717) is 27.2 Å². The number of hydrogen-bond donors (Lipinski definition) is 2. The van der Waals surface area contributed by atoms with E-state index in [9.17, 15) is 0 Å². The minimum absolute atomic E-state index is 0.0431. The SMILES string of the molecule is CC(=N)CC(Nc1ccc(Cl)cc1Cl)c1ccc(Cl)cc1. The number of rotatable bonds is 5. The first-order valence-corrected chi connectivity index (χ1v) is 7.60. The van der Waals surface area contributed by atoms with E-state index in [2.05, 4.69) is 5.32 Å². The van der Waals surface area contributed by atoms with Crippen LogP contribution in [0.4, 0.5) is 5.69 Å². The second-order valence-electron chi connectivity index (χ2n) is 4.86. The molecule has 5 heteroatoms. The van der Waals surface area contributed by atoms with Gasteiger partial charge < -0.3 is 10.7 Å². The molecule has 2 N–H and O–H groups in total. The van der Waals surface area contributed by atoms with Crippen LogP contribution in [0, 0.1) is 5.41 Å². The van der Waals surface area contributed by atoms with Crippen molar-refractivity contribution in [1.82, 2.24) is 0 Å². The van der Waals surface area contributed by atoms with Crippen molar-refractivity contribution in [2.24, 2.45) is 0 Å². The summed E-state index contributed by atoms with van der Waals surface area (Å²) in [4.78, 5) is 0. The highest BCUT2D eigenvalue weighted by Gasteiger charge is 2.14.